The standard InChI is InChI=1S/C31H28N2O3/c34-30(32-27-15-17-29(18-16-27)36-28-9-5-2-6-10-28)25-19-21-33(22-20-25)31(35)26-13-11-24(12-14-26)23-7-3-1-4-8-23/h1-18,25H,19-22H2,(H,32,34). The Morgan fingerprint density at radius 1 is 0.667 bits per heavy atom. The van der Waals surface area contributed by atoms with Crippen molar-refractivity contribution in [2.75, 3.05) is 18.4 Å². The molecule has 2 amide bonds. The number of ether oxygens (including phenoxy) is 1. The van der Waals surface area contributed by atoms with Crippen LogP contribution in [0.1, 0.15) is 23.2 Å². The first-order valence-electron chi connectivity index (χ1n) is 12.2. The van der Waals surface area contributed by atoms with E-state index in [2.05, 4.69) is 17.4 Å². The summed E-state index contributed by atoms with van der Waals surface area (Å²) < 4.78 is 5.80. The van der Waals surface area contributed by atoms with E-state index in [1.165, 1.54) is 0 Å². The Bertz CT molecular complexity index is 1300. The maximum atomic E-state index is 13.0. The van der Waals surface area contributed by atoms with Crippen molar-refractivity contribution in [3.8, 4) is 22.6 Å². The van der Waals surface area contributed by atoms with E-state index in [1.54, 1.807) is 0 Å². The molecule has 0 radical (unpaired) electrons. The molecule has 5 rings (SSSR count). The number of benzene rings is 4. The van der Waals surface area contributed by atoms with Crippen LogP contribution >= 0.6 is 0 Å². The number of nitrogens with zero attached hydrogens (tertiary/aromatic N) is 1. The second kappa shape index (κ2) is 10.9. The van der Waals surface area contributed by atoms with Crippen molar-refractivity contribution in [2.24, 2.45) is 5.92 Å². The first-order valence-corrected chi connectivity index (χ1v) is 12.2. The van der Waals surface area contributed by atoms with Gasteiger partial charge in [0.1, 0.15) is 11.5 Å². The molecular weight excluding hydrogens is 448 g/mol. The van der Waals surface area contributed by atoms with Crippen molar-refractivity contribution in [3.63, 3.8) is 0 Å². The van der Waals surface area contributed by atoms with Crippen molar-refractivity contribution in [1.82, 2.24) is 4.90 Å². The molecule has 5 nitrogen and oxygen atoms in total. The van der Waals surface area contributed by atoms with Crippen LogP contribution in [0.5, 0.6) is 11.5 Å². The first kappa shape index (κ1) is 23.4. The highest BCUT2D eigenvalue weighted by Crippen LogP contribution is 2.25. The molecule has 0 aromatic heterocycles. The largest absolute Gasteiger partial charge is 0.457 e. The van der Waals surface area contributed by atoms with Crippen molar-refractivity contribution >= 4 is 17.5 Å². The summed E-state index contributed by atoms with van der Waals surface area (Å²) in [6.07, 6.45) is 1.30. The Hall–Kier alpha value is -4.38. The molecule has 1 fully saturated rings. The average Bonchev–Trinajstić information content (AvgIpc) is 2.95. The fourth-order valence-electron chi connectivity index (χ4n) is 4.44. The number of carbonyl (C=O) groups excluding carboxylic acids is 2. The van der Waals surface area contributed by atoms with E-state index in [9.17, 15) is 9.59 Å². The molecule has 1 heterocycles. The van der Waals surface area contributed by atoms with Crippen molar-refractivity contribution in [3.05, 3.63) is 115 Å². The number of hydrogen-bond acceptors (Lipinski definition) is 3. The van der Waals surface area contributed by atoms with E-state index in [1.807, 2.05) is 102 Å². The predicted octanol–water partition coefficient (Wildman–Crippen LogP) is 6.64. The summed E-state index contributed by atoms with van der Waals surface area (Å²) in [4.78, 5) is 27.7. The molecular formula is C31H28N2O3. The Kier molecular flexibility index (Phi) is 7.08. The van der Waals surface area contributed by atoms with Crippen LogP contribution in [0, 0.1) is 5.92 Å². The zero-order valence-corrected chi connectivity index (χ0v) is 20.0. The Morgan fingerprint density at radius 2 is 1.22 bits per heavy atom. The lowest BCUT2D eigenvalue weighted by atomic mass is 9.95. The number of rotatable bonds is 6. The molecule has 1 aliphatic rings. The summed E-state index contributed by atoms with van der Waals surface area (Å²) in [6, 6.07) is 34.8. The summed E-state index contributed by atoms with van der Waals surface area (Å²) in [7, 11) is 0. The first-order chi connectivity index (χ1) is 17.7. The topological polar surface area (TPSA) is 58.6 Å². The molecule has 0 aliphatic carbocycles. The van der Waals surface area contributed by atoms with Crippen LogP contribution in [0.2, 0.25) is 0 Å². The minimum Gasteiger partial charge on any atom is -0.457 e. The molecule has 180 valence electrons. The van der Waals surface area contributed by atoms with Gasteiger partial charge in [0.2, 0.25) is 5.91 Å². The van der Waals surface area contributed by atoms with Crippen LogP contribution in [0.25, 0.3) is 11.1 Å². The van der Waals surface area contributed by atoms with Gasteiger partial charge >= 0.3 is 0 Å². The highest BCUT2D eigenvalue weighted by Gasteiger charge is 2.28. The lowest BCUT2D eigenvalue weighted by molar-refractivity contribution is -0.121. The van der Waals surface area contributed by atoms with Gasteiger partial charge in [0.25, 0.3) is 5.91 Å². The summed E-state index contributed by atoms with van der Waals surface area (Å²) in [5.74, 6) is 1.37. The monoisotopic (exact) mass is 476 g/mol. The van der Waals surface area contributed by atoms with Gasteiger partial charge in [-0.05, 0) is 72.5 Å². The van der Waals surface area contributed by atoms with Crippen LogP contribution in [0.15, 0.2) is 109 Å². The number of carbonyl (C=O) groups is 2. The van der Waals surface area contributed by atoms with E-state index in [0.29, 0.717) is 37.2 Å². The molecule has 4 aromatic carbocycles. The second-order valence-corrected chi connectivity index (χ2v) is 8.94. The summed E-state index contributed by atoms with van der Waals surface area (Å²) in [6.45, 7) is 1.14. The highest BCUT2D eigenvalue weighted by molar-refractivity contribution is 5.95. The SMILES string of the molecule is O=C(Nc1ccc(Oc2ccccc2)cc1)C1CCN(C(=O)c2ccc(-c3ccccc3)cc2)CC1. The maximum Gasteiger partial charge on any atom is 0.253 e. The third-order valence-corrected chi connectivity index (χ3v) is 6.49. The summed E-state index contributed by atoms with van der Waals surface area (Å²) in [5.41, 5.74) is 3.62. The quantitative estimate of drug-likeness (QED) is 0.339. The Labute approximate surface area is 211 Å². The highest BCUT2D eigenvalue weighted by atomic mass is 16.5. The second-order valence-electron chi connectivity index (χ2n) is 8.94. The molecule has 1 N–H and O–H groups in total. The van der Waals surface area contributed by atoms with Crippen LogP contribution < -0.4 is 10.1 Å². The molecule has 0 unspecified atom stereocenters. The van der Waals surface area contributed by atoms with E-state index in [-0.39, 0.29) is 17.7 Å². The molecule has 1 aliphatic heterocycles. The fraction of sp³-hybridized carbons (Fsp3) is 0.161. The van der Waals surface area contributed by atoms with Gasteiger partial charge in [-0.2, -0.15) is 0 Å². The van der Waals surface area contributed by atoms with E-state index in [4.69, 9.17) is 4.74 Å². The average molecular weight is 477 g/mol. The van der Waals surface area contributed by atoms with Gasteiger partial charge < -0.3 is 15.0 Å². The minimum absolute atomic E-state index is 0.00830. The smallest absolute Gasteiger partial charge is 0.253 e. The summed E-state index contributed by atoms with van der Waals surface area (Å²) >= 11 is 0. The van der Waals surface area contributed by atoms with Crippen LogP contribution in [0.3, 0.4) is 0 Å². The maximum absolute atomic E-state index is 13.0. The van der Waals surface area contributed by atoms with Crippen molar-refractivity contribution in [1.29, 1.82) is 0 Å². The molecule has 0 saturated carbocycles. The van der Waals surface area contributed by atoms with Gasteiger partial charge in [0, 0.05) is 30.3 Å². The number of anilines is 1. The van der Waals surface area contributed by atoms with Gasteiger partial charge in [0.05, 0.1) is 0 Å². The lowest BCUT2D eigenvalue weighted by Crippen LogP contribution is -2.41. The predicted molar refractivity (Wildman–Crippen MR) is 142 cm³/mol. The molecule has 4 aromatic rings. The number of amides is 2. The Balaban J connectivity index is 1.12. The molecule has 0 atom stereocenters. The molecule has 36 heavy (non-hydrogen) atoms. The number of para-hydroxylation sites is 1. The van der Waals surface area contributed by atoms with Crippen LogP contribution in [-0.4, -0.2) is 29.8 Å². The fourth-order valence-corrected chi connectivity index (χ4v) is 4.44. The van der Waals surface area contributed by atoms with E-state index in [0.717, 1.165) is 22.6 Å². The zero-order valence-electron chi connectivity index (χ0n) is 20.0. The molecule has 5 heteroatoms. The van der Waals surface area contributed by atoms with Gasteiger partial charge in [-0.1, -0.05) is 60.7 Å². The van der Waals surface area contributed by atoms with Gasteiger partial charge in [-0.15, -0.1) is 0 Å². The number of hydrogen-bond donors (Lipinski definition) is 1. The van der Waals surface area contributed by atoms with E-state index < -0.39 is 0 Å². The molecule has 1 saturated heterocycles. The number of nitrogens with one attached hydrogen (secondary N) is 1. The third kappa shape index (κ3) is 5.63. The van der Waals surface area contributed by atoms with Gasteiger partial charge in [0.15, 0.2) is 0 Å². The number of likely N-dealkylation sites (tertiary alicyclic amines) is 1. The lowest BCUT2D eigenvalue weighted by Gasteiger charge is -2.31. The van der Waals surface area contributed by atoms with E-state index >= 15 is 0 Å². The van der Waals surface area contributed by atoms with Crippen molar-refractivity contribution in [2.45, 2.75) is 12.8 Å². The van der Waals surface area contributed by atoms with Crippen LogP contribution in [-0.2, 0) is 4.79 Å². The van der Waals surface area contributed by atoms with Crippen LogP contribution in [0.4, 0.5) is 5.69 Å². The normalized spacial score (nSPS) is 13.7. The number of piperidine rings is 1. The van der Waals surface area contributed by atoms with Crippen molar-refractivity contribution < 1.29 is 14.3 Å². The van der Waals surface area contributed by atoms with Gasteiger partial charge in [-0.25, -0.2) is 0 Å². The summed E-state index contributed by atoms with van der Waals surface area (Å²) in [5, 5.41) is 3.00. The molecule has 0 spiro atoms. The Morgan fingerprint density at radius 3 is 1.86 bits per heavy atom. The molecule has 0 bridgehead atoms. The minimum atomic E-state index is -0.116. The zero-order chi connectivity index (χ0) is 24.7. The third-order valence-electron chi connectivity index (χ3n) is 6.49. The van der Waals surface area contributed by atoms with Gasteiger partial charge in [-0.3, -0.25) is 9.59 Å².